The van der Waals surface area contributed by atoms with Crippen molar-refractivity contribution in [2.24, 2.45) is 0 Å². The Labute approximate surface area is 217 Å². The maximum absolute atomic E-state index is 13.1. The third-order valence-corrected chi connectivity index (χ3v) is 7.34. The van der Waals surface area contributed by atoms with Crippen LogP contribution in [-0.4, -0.2) is 43.4 Å². The molecule has 1 atom stereocenters. The molecule has 3 aromatic rings. The number of para-hydroxylation sites is 1. The van der Waals surface area contributed by atoms with E-state index in [1.165, 1.54) is 0 Å². The molecule has 1 N–H and O–H groups in total. The molecule has 0 aliphatic carbocycles. The number of hydrogen-bond acceptors (Lipinski definition) is 6. The van der Waals surface area contributed by atoms with Gasteiger partial charge in [-0.2, -0.15) is 5.26 Å². The maximum Gasteiger partial charge on any atom is 0.255 e. The lowest BCUT2D eigenvalue weighted by Crippen LogP contribution is -2.39. The Morgan fingerprint density at radius 3 is 2.51 bits per heavy atom. The highest BCUT2D eigenvalue weighted by Crippen LogP contribution is 2.35. The lowest BCUT2D eigenvalue weighted by Gasteiger charge is -2.25. The molecule has 1 aromatic heterocycles. The van der Waals surface area contributed by atoms with Gasteiger partial charge in [-0.15, -0.1) is 0 Å². The zero-order chi connectivity index (χ0) is 25.8. The number of carbonyl (C=O) groups is 1. The standard InChI is InChI=1S/C30H33N3O4/c1-19-15-24(26-17-25(21-7-11-35-12-8-21)28(18-31)33-27(26)16-19)20(2)37-29-6-4-3-5-23(29)30(34)32-22-9-13-36-14-10-22/h3-6,15-17,20-22H,7-14H2,1-2H3,(H,32,34)/t20-/m0/s1. The van der Waals surface area contributed by atoms with Gasteiger partial charge in [-0.05, 0) is 80.8 Å². The van der Waals surface area contributed by atoms with Gasteiger partial charge in [0.2, 0.25) is 0 Å². The van der Waals surface area contributed by atoms with E-state index in [1.807, 2.05) is 38.1 Å². The second-order valence-electron chi connectivity index (χ2n) is 9.96. The summed E-state index contributed by atoms with van der Waals surface area (Å²) in [5, 5.41) is 13.9. The highest BCUT2D eigenvalue weighted by molar-refractivity contribution is 5.97. The van der Waals surface area contributed by atoms with E-state index in [0.717, 1.165) is 53.3 Å². The van der Waals surface area contributed by atoms with Crippen LogP contribution in [0.3, 0.4) is 0 Å². The van der Waals surface area contributed by atoms with Crippen molar-refractivity contribution in [3.8, 4) is 11.8 Å². The van der Waals surface area contributed by atoms with Crippen LogP contribution in [0.15, 0.2) is 42.5 Å². The zero-order valence-electron chi connectivity index (χ0n) is 21.5. The molecule has 0 radical (unpaired) electrons. The summed E-state index contributed by atoms with van der Waals surface area (Å²) in [6.45, 7) is 6.73. The molecule has 7 heteroatoms. The summed E-state index contributed by atoms with van der Waals surface area (Å²) < 4.78 is 17.4. The minimum Gasteiger partial charge on any atom is -0.485 e. The fourth-order valence-corrected chi connectivity index (χ4v) is 5.33. The number of ether oxygens (including phenoxy) is 3. The number of nitriles is 1. The molecule has 0 bridgehead atoms. The zero-order valence-corrected chi connectivity index (χ0v) is 21.5. The third-order valence-electron chi connectivity index (χ3n) is 7.34. The predicted molar refractivity (Wildman–Crippen MR) is 141 cm³/mol. The van der Waals surface area contributed by atoms with Crippen molar-refractivity contribution in [3.05, 3.63) is 70.4 Å². The molecular formula is C30H33N3O4. The van der Waals surface area contributed by atoms with Crippen molar-refractivity contribution in [2.75, 3.05) is 26.4 Å². The third kappa shape index (κ3) is 5.61. The van der Waals surface area contributed by atoms with Crippen LogP contribution in [0, 0.1) is 18.3 Å². The van der Waals surface area contributed by atoms with Crippen LogP contribution in [0.5, 0.6) is 5.75 Å². The Kier molecular flexibility index (Phi) is 7.68. The maximum atomic E-state index is 13.1. The normalized spacial score (nSPS) is 17.8. The molecular weight excluding hydrogens is 466 g/mol. The molecule has 37 heavy (non-hydrogen) atoms. The first-order chi connectivity index (χ1) is 18.0. The van der Waals surface area contributed by atoms with Crippen molar-refractivity contribution >= 4 is 16.8 Å². The first-order valence-corrected chi connectivity index (χ1v) is 13.1. The van der Waals surface area contributed by atoms with E-state index in [4.69, 9.17) is 19.2 Å². The van der Waals surface area contributed by atoms with E-state index in [-0.39, 0.29) is 24.0 Å². The van der Waals surface area contributed by atoms with Crippen LogP contribution in [0.4, 0.5) is 0 Å². The number of pyridine rings is 1. The van der Waals surface area contributed by atoms with Crippen molar-refractivity contribution in [3.63, 3.8) is 0 Å². The van der Waals surface area contributed by atoms with Gasteiger partial charge in [-0.25, -0.2) is 4.98 Å². The number of nitrogens with zero attached hydrogens (tertiary/aromatic N) is 2. The molecule has 5 rings (SSSR count). The monoisotopic (exact) mass is 499 g/mol. The molecule has 2 fully saturated rings. The molecule has 0 spiro atoms. The number of hydrogen-bond donors (Lipinski definition) is 1. The number of benzene rings is 2. The SMILES string of the molecule is Cc1cc([C@H](C)Oc2ccccc2C(=O)NC2CCOCC2)c2cc(C3CCOCC3)c(C#N)nc2c1. The van der Waals surface area contributed by atoms with Crippen LogP contribution < -0.4 is 10.1 Å². The Bertz CT molecular complexity index is 1320. The van der Waals surface area contributed by atoms with E-state index in [1.54, 1.807) is 6.07 Å². The van der Waals surface area contributed by atoms with Crippen LogP contribution in [-0.2, 0) is 9.47 Å². The second-order valence-corrected chi connectivity index (χ2v) is 9.96. The number of fused-ring (bicyclic) bond motifs is 1. The second kappa shape index (κ2) is 11.3. The molecule has 192 valence electrons. The summed E-state index contributed by atoms with van der Waals surface area (Å²) in [4.78, 5) is 17.9. The number of aryl methyl sites for hydroxylation is 1. The Hall–Kier alpha value is -3.47. The van der Waals surface area contributed by atoms with Crippen LogP contribution in [0.2, 0.25) is 0 Å². The van der Waals surface area contributed by atoms with Crippen LogP contribution in [0.25, 0.3) is 10.9 Å². The smallest absolute Gasteiger partial charge is 0.255 e. The van der Waals surface area contributed by atoms with Gasteiger partial charge in [-0.3, -0.25) is 4.79 Å². The molecule has 3 heterocycles. The minimum atomic E-state index is -0.336. The van der Waals surface area contributed by atoms with Crippen LogP contribution in [0.1, 0.15) is 77.4 Å². The van der Waals surface area contributed by atoms with Gasteiger partial charge >= 0.3 is 0 Å². The summed E-state index contributed by atoms with van der Waals surface area (Å²) in [6.07, 6.45) is 3.05. The lowest BCUT2D eigenvalue weighted by atomic mass is 9.88. The fraction of sp³-hybridized carbons (Fsp3) is 0.433. The number of rotatable bonds is 6. The number of carbonyl (C=O) groups excluding carboxylic acids is 1. The first kappa shape index (κ1) is 25.2. The first-order valence-electron chi connectivity index (χ1n) is 13.1. The molecule has 2 saturated heterocycles. The average molecular weight is 500 g/mol. The number of nitrogens with one attached hydrogen (secondary N) is 1. The summed E-state index contributed by atoms with van der Waals surface area (Å²) in [6, 6.07) is 16.0. The van der Waals surface area contributed by atoms with E-state index in [2.05, 4.69) is 23.5 Å². The van der Waals surface area contributed by atoms with E-state index in [0.29, 0.717) is 43.4 Å². The summed E-state index contributed by atoms with van der Waals surface area (Å²) in [7, 11) is 0. The van der Waals surface area contributed by atoms with Gasteiger partial charge in [-0.1, -0.05) is 18.2 Å². The molecule has 1 amide bonds. The average Bonchev–Trinajstić information content (AvgIpc) is 2.93. The van der Waals surface area contributed by atoms with Crippen molar-refractivity contribution in [2.45, 2.75) is 57.6 Å². The molecule has 2 aromatic carbocycles. The highest BCUT2D eigenvalue weighted by atomic mass is 16.5. The van der Waals surface area contributed by atoms with Gasteiger partial charge in [0.15, 0.2) is 0 Å². The number of amides is 1. The topological polar surface area (TPSA) is 93.5 Å². The largest absolute Gasteiger partial charge is 0.485 e. The quantitative estimate of drug-likeness (QED) is 0.491. The lowest BCUT2D eigenvalue weighted by molar-refractivity contribution is 0.0694. The van der Waals surface area contributed by atoms with Crippen molar-refractivity contribution in [1.29, 1.82) is 5.26 Å². The van der Waals surface area contributed by atoms with Gasteiger partial charge < -0.3 is 19.5 Å². The molecule has 0 unspecified atom stereocenters. The fourth-order valence-electron chi connectivity index (χ4n) is 5.33. The minimum absolute atomic E-state index is 0.108. The van der Waals surface area contributed by atoms with Gasteiger partial charge in [0, 0.05) is 43.4 Å². The van der Waals surface area contributed by atoms with E-state index < -0.39 is 0 Å². The summed E-state index contributed by atoms with van der Waals surface area (Å²) >= 11 is 0. The Morgan fingerprint density at radius 1 is 1.08 bits per heavy atom. The van der Waals surface area contributed by atoms with Crippen molar-refractivity contribution in [1.82, 2.24) is 10.3 Å². The molecule has 2 aliphatic heterocycles. The van der Waals surface area contributed by atoms with Gasteiger partial charge in [0.25, 0.3) is 5.91 Å². The predicted octanol–water partition coefficient (Wildman–Crippen LogP) is 5.36. The molecule has 2 aliphatic rings. The van der Waals surface area contributed by atoms with E-state index >= 15 is 0 Å². The molecule has 7 nitrogen and oxygen atoms in total. The Balaban J connectivity index is 1.46. The molecule has 0 saturated carbocycles. The number of aromatic nitrogens is 1. The van der Waals surface area contributed by atoms with Gasteiger partial charge in [0.05, 0.1) is 11.1 Å². The Morgan fingerprint density at radius 2 is 1.78 bits per heavy atom. The summed E-state index contributed by atoms with van der Waals surface area (Å²) in [5.74, 6) is 0.659. The van der Waals surface area contributed by atoms with E-state index in [9.17, 15) is 10.1 Å². The van der Waals surface area contributed by atoms with Crippen LogP contribution >= 0.6 is 0 Å². The highest BCUT2D eigenvalue weighted by Gasteiger charge is 2.24. The van der Waals surface area contributed by atoms with Gasteiger partial charge in [0.1, 0.15) is 23.6 Å². The van der Waals surface area contributed by atoms with Crippen molar-refractivity contribution < 1.29 is 19.0 Å². The summed E-state index contributed by atoms with van der Waals surface area (Å²) in [5.41, 5.74) is 4.79.